The number of carbonyl (C=O) groups excluding carboxylic acids is 1. The molecule has 0 spiro atoms. The van der Waals surface area contributed by atoms with Crippen LogP contribution in [0.1, 0.15) is 54.6 Å². The SMILES string of the molecule is CCN1CCN(C(=O)c2cc3c(cc2C)[nH]c(=O)c2cnn(C4CCC(F)(F)CC4)c23)CC1. The Balaban J connectivity index is 1.58. The van der Waals surface area contributed by atoms with E-state index < -0.39 is 5.92 Å². The molecule has 1 aliphatic heterocycles. The number of H-pyrrole nitrogens is 1. The molecule has 33 heavy (non-hydrogen) atoms. The van der Waals surface area contributed by atoms with E-state index in [4.69, 9.17) is 0 Å². The fourth-order valence-electron chi connectivity index (χ4n) is 5.21. The monoisotopic (exact) mass is 457 g/mol. The highest BCUT2D eigenvalue weighted by atomic mass is 19.3. The smallest absolute Gasteiger partial charge is 0.259 e. The number of pyridine rings is 1. The van der Waals surface area contributed by atoms with Crippen LogP contribution in [0.5, 0.6) is 0 Å². The summed E-state index contributed by atoms with van der Waals surface area (Å²) in [5, 5.41) is 5.57. The Morgan fingerprint density at radius 3 is 2.52 bits per heavy atom. The summed E-state index contributed by atoms with van der Waals surface area (Å²) in [4.78, 5) is 33.2. The number of aromatic amines is 1. The zero-order valence-corrected chi connectivity index (χ0v) is 19.0. The van der Waals surface area contributed by atoms with Gasteiger partial charge in [-0.2, -0.15) is 5.10 Å². The van der Waals surface area contributed by atoms with Crippen molar-refractivity contribution in [2.45, 2.75) is 51.5 Å². The number of carbonyl (C=O) groups is 1. The lowest BCUT2D eigenvalue weighted by molar-refractivity contribution is -0.0445. The minimum Gasteiger partial charge on any atom is -0.336 e. The number of amides is 1. The first-order valence-corrected chi connectivity index (χ1v) is 11.7. The second kappa shape index (κ2) is 8.20. The quantitative estimate of drug-likeness (QED) is 0.651. The number of nitrogens with zero attached hydrogens (tertiary/aromatic N) is 4. The Labute approximate surface area is 190 Å². The molecule has 176 valence electrons. The zero-order chi connectivity index (χ0) is 23.3. The van der Waals surface area contributed by atoms with Crippen LogP contribution in [0.3, 0.4) is 0 Å². The third-order valence-electron chi connectivity index (χ3n) is 7.28. The molecule has 1 saturated heterocycles. The molecule has 2 aliphatic rings. The maximum absolute atomic E-state index is 13.7. The van der Waals surface area contributed by atoms with Crippen molar-refractivity contribution in [2.75, 3.05) is 32.7 Å². The Hall–Kier alpha value is -2.81. The fraction of sp³-hybridized carbons (Fsp3) is 0.542. The average Bonchev–Trinajstić information content (AvgIpc) is 3.24. The number of rotatable bonds is 3. The molecule has 2 fully saturated rings. The number of fused-ring (bicyclic) bond motifs is 3. The predicted octanol–water partition coefficient (Wildman–Crippen LogP) is 3.71. The molecule has 0 unspecified atom stereocenters. The molecule has 1 N–H and O–H groups in total. The van der Waals surface area contributed by atoms with Gasteiger partial charge < -0.3 is 14.8 Å². The first-order chi connectivity index (χ1) is 15.8. The number of halogens is 2. The van der Waals surface area contributed by atoms with Crippen LogP contribution in [0.4, 0.5) is 8.78 Å². The largest absolute Gasteiger partial charge is 0.336 e. The molecule has 2 aromatic heterocycles. The van der Waals surface area contributed by atoms with Gasteiger partial charge in [0, 0.05) is 50.0 Å². The maximum atomic E-state index is 13.7. The maximum Gasteiger partial charge on any atom is 0.259 e. The van der Waals surface area contributed by atoms with Gasteiger partial charge in [-0.15, -0.1) is 0 Å². The van der Waals surface area contributed by atoms with Gasteiger partial charge in [0.1, 0.15) is 0 Å². The van der Waals surface area contributed by atoms with E-state index in [1.807, 2.05) is 24.0 Å². The normalized spacial score (nSPS) is 20.1. The molecule has 0 atom stereocenters. The highest BCUT2D eigenvalue weighted by molar-refractivity contribution is 6.07. The van der Waals surface area contributed by atoms with E-state index in [1.54, 1.807) is 4.68 Å². The van der Waals surface area contributed by atoms with E-state index in [0.29, 0.717) is 47.9 Å². The van der Waals surface area contributed by atoms with E-state index in [-0.39, 0.29) is 30.3 Å². The number of piperazine rings is 1. The summed E-state index contributed by atoms with van der Waals surface area (Å²) in [6, 6.07) is 3.47. The number of aromatic nitrogens is 3. The van der Waals surface area contributed by atoms with E-state index >= 15 is 0 Å². The van der Waals surface area contributed by atoms with Crippen molar-refractivity contribution in [3.05, 3.63) is 39.8 Å². The Morgan fingerprint density at radius 2 is 1.85 bits per heavy atom. The molecule has 1 saturated carbocycles. The lowest BCUT2D eigenvalue weighted by Crippen LogP contribution is -2.48. The molecular formula is C24H29F2N5O2. The Morgan fingerprint density at radius 1 is 1.15 bits per heavy atom. The van der Waals surface area contributed by atoms with Gasteiger partial charge in [-0.25, -0.2) is 8.78 Å². The van der Waals surface area contributed by atoms with Crippen LogP contribution in [0.25, 0.3) is 21.8 Å². The van der Waals surface area contributed by atoms with Crippen molar-refractivity contribution in [3.8, 4) is 0 Å². The van der Waals surface area contributed by atoms with E-state index in [9.17, 15) is 18.4 Å². The van der Waals surface area contributed by atoms with Crippen LogP contribution in [-0.4, -0.2) is 69.1 Å². The van der Waals surface area contributed by atoms with Crippen LogP contribution in [-0.2, 0) is 0 Å². The summed E-state index contributed by atoms with van der Waals surface area (Å²) in [5.74, 6) is -2.66. The van der Waals surface area contributed by atoms with Gasteiger partial charge in [0.2, 0.25) is 5.92 Å². The topological polar surface area (TPSA) is 74.2 Å². The summed E-state index contributed by atoms with van der Waals surface area (Å²) >= 11 is 0. The number of nitrogens with one attached hydrogen (secondary N) is 1. The minimum atomic E-state index is -2.64. The van der Waals surface area contributed by atoms with Gasteiger partial charge in [-0.05, 0) is 44.0 Å². The van der Waals surface area contributed by atoms with Gasteiger partial charge in [-0.1, -0.05) is 6.92 Å². The molecule has 1 amide bonds. The van der Waals surface area contributed by atoms with Crippen LogP contribution in [0.15, 0.2) is 23.1 Å². The molecule has 0 radical (unpaired) electrons. The molecule has 1 aliphatic carbocycles. The first kappa shape index (κ1) is 22.0. The number of likely N-dealkylation sites (N-methyl/N-ethyl adjacent to an activating group) is 1. The highest BCUT2D eigenvalue weighted by Gasteiger charge is 2.36. The van der Waals surface area contributed by atoms with Gasteiger partial charge in [-0.3, -0.25) is 14.3 Å². The number of aryl methyl sites for hydroxylation is 1. The number of hydrogen-bond acceptors (Lipinski definition) is 4. The van der Waals surface area contributed by atoms with Gasteiger partial charge in [0.25, 0.3) is 11.5 Å². The fourth-order valence-corrected chi connectivity index (χ4v) is 5.21. The number of benzene rings is 1. The van der Waals surface area contributed by atoms with Crippen molar-refractivity contribution in [1.29, 1.82) is 0 Å². The van der Waals surface area contributed by atoms with Gasteiger partial charge >= 0.3 is 0 Å². The summed E-state index contributed by atoms with van der Waals surface area (Å²) in [6.45, 7) is 8.03. The minimum absolute atomic E-state index is 0.0205. The molecule has 5 rings (SSSR count). The summed E-state index contributed by atoms with van der Waals surface area (Å²) in [7, 11) is 0. The number of hydrogen-bond donors (Lipinski definition) is 1. The molecule has 9 heteroatoms. The van der Waals surface area contributed by atoms with Crippen molar-refractivity contribution < 1.29 is 13.6 Å². The van der Waals surface area contributed by atoms with Crippen molar-refractivity contribution in [2.24, 2.45) is 0 Å². The highest BCUT2D eigenvalue weighted by Crippen LogP contribution is 2.39. The molecule has 3 heterocycles. The summed E-state index contributed by atoms with van der Waals surface area (Å²) < 4.78 is 29.2. The summed E-state index contributed by atoms with van der Waals surface area (Å²) in [5.41, 5.74) is 2.38. The molecule has 7 nitrogen and oxygen atoms in total. The van der Waals surface area contributed by atoms with Gasteiger partial charge in [0.15, 0.2) is 0 Å². The molecule has 3 aromatic rings. The molecule has 1 aromatic carbocycles. The lowest BCUT2D eigenvalue weighted by atomic mass is 9.92. The van der Waals surface area contributed by atoms with Crippen LogP contribution >= 0.6 is 0 Å². The van der Waals surface area contributed by atoms with Crippen molar-refractivity contribution >= 4 is 27.7 Å². The first-order valence-electron chi connectivity index (χ1n) is 11.7. The Bertz CT molecular complexity index is 1260. The van der Waals surface area contributed by atoms with E-state index in [2.05, 4.69) is 21.9 Å². The molecular weight excluding hydrogens is 428 g/mol. The van der Waals surface area contributed by atoms with Crippen LogP contribution < -0.4 is 5.56 Å². The van der Waals surface area contributed by atoms with Crippen LogP contribution in [0, 0.1) is 6.92 Å². The Kier molecular flexibility index (Phi) is 5.47. The summed E-state index contributed by atoms with van der Waals surface area (Å²) in [6.07, 6.45) is 1.74. The third-order valence-corrected chi connectivity index (χ3v) is 7.28. The average molecular weight is 458 g/mol. The second-order valence-electron chi connectivity index (χ2n) is 9.33. The van der Waals surface area contributed by atoms with Crippen LogP contribution in [0.2, 0.25) is 0 Å². The molecule has 0 bridgehead atoms. The van der Waals surface area contributed by atoms with E-state index in [0.717, 1.165) is 30.6 Å². The standard InChI is InChI=1S/C24H29F2N5O2/c1-3-29-8-10-30(11-9-29)23(33)17-13-18-20(12-15(17)2)28-22(32)19-14-27-31(21(18)19)16-4-6-24(25,26)7-5-16/h12-14,16H,3-11H2,1-2H3,(H,28,32). The van der Waals surface area contributed by atoms with Crippen molar-refractivity contribution in [1.82, 2.24) is 24.6 Å². The van der Waals surface area contributed by atoms with E-state index in [1.165, 1.54) is 6.20 Å². The number of alkyl halides is 2. The predicted molar refractivity (Wildman–Crippen MR) is 123 cm³/mol. The zero-order valence-electron chi connectivity index (χ0n) is 19.0. The second-order valence-corrected chi connectivity index (χ2v) is 9.33. The third kappa shape index (κ3) is 3.92. The van der Waals surface area contributed by atoms with Crippen molar-refractivity contribution in [3.63, 3.8) is 0 Å². The van der Waals surface area contributed by atoms with Gasteiger partial charge in [0.05, 0.1) is 28.7 Å². The lowest BCUT2D eigenvalue weighted by Gasteiger charge is -2.34.